The smallest absolute Gasteiger partial charge is 0.257 e. The van der Waals surface area contributed by atoms with Gasteiger partial charge in [0.05, 0.1) is 0 Å². The van der Waals surface area contributed by atoms with Gasteiger partial charge in [0, 0.05) is 6.54 Å². The van der Waals surface area contributed by atoms with E-state index in [1.54, 1.807) is 0 Å². The molecule has 0 aliphatic rings. The van der Waals surface area contributed by atoms with E-state index >= 15 is 0 Å². The van der Waals surface area contributed by atoms with Gasteiger partial charge in [-0.15, -0.1) is 0 Å². The Morgan fingerprint density at radius 3 is 1.44 bits per heavy atom. The summed E-state index contributed by atoms with van der Waals surface area (Å²) in [6.45, 7) is 2.70. The van der Waals surface area contributed by atoms with Crippen LogP contribution in [0.5, 0.6) is 5.75 Å². The van der Waals surface area contributed by atoms with Crippen LogP contribution in [-0.2, 0) is 4.79 Å². The largest absolute Gasteiger partial charge is 0.484 e. The molecule has 0 aromatic heterocycles. The zero-order chi connectivity index (χ0) is 23.6. The normalized spacial score (nSPS) is 10.4. The number of ether oxygens (including phenoxy) is 1. The molecule has 0 heterocycles. The lowest BCUT2D eigenvalue weighted by molar-refractivity contribution is -0.123. The quantitative estimate of drug-likeness (QED) is 0.294. The Labute approximate surface area is 201 Å². The minimum atomic E-state index is -0.105. The van der Waals surface area contributed by atoms with Crippen LogP contribution in [0.2, 0.25) is 0 Å². The number of nitrogens with one attached hydrogen (secondary N) is 1. The summed E-state index contributed by atoms with van der Waals surface area (Å²) in [6, 6.07) is 39.4. The first kappa shape index (κ1) is 23.1. The first-order valence-corrected chi connectivity index (χ1v) is 11.7. The lowest BCUT2D eigenvalue weighted by atomic mass is 9.86. The van der Waals surface area contributed by atoms with Crippen LogP contribution >= 0.6 is 0 Å². The van der Waals surface area contributed by atoms with Crippen molar-refractivity contribution in [3.63, 3.8) is 0 Å². The van der Waals surface area contributed by atoms with Crippen LogP contribution in [-0.4, -0.2) is 19.1 Å². The number of rotatable bonds is 9. The molecule has 1 amide bonds. The molecular weight excluding hydrogens is 418 g/mol. The highest BCUT2D eigenvalue weighted by Crippen LogP contribution is 2.37. The summed E-state index contributed by atoms with van der Waals surface area (Å²) in [5, 5.41) is 2.83. The topological polar surface area (TPSA) is 38.3 Å². The average molecular weight is 448 g/mol. The predicted octanol–water partition coefficient (Wildman–Crippen LogP) is 6.60. The third-order valence-corrected chi connectivity index (χ3v) is 5.52. The molecule has 0 aliphatic heterocycles. The molecule has 0 saturated heterocycles. The van der Waals surface area contributed by atoms with Gasteiger partial charge in [-0.1, -0.05) is 110 Å². The molecule has 34 heavy (non-hydrogen) atoms. The molecule has 170 valence electrons. The van der Waals surface area contributed by atoms with E-state index in [1.165, 1.54) is 5.57 Å². The van der Waals surface area contributed by atoms with Crippen molar-refractivity contribution >= 4 is 17.1 Å². The summed E-state index contributed by atoms with van der Waals surface area (Å²) in [6.07, 6.45) is 0.903. The number of carbonyl (C=O) groups is 1. The highest BCUT2D eigenvalue weighted by Gasteiger charge is 2.16. The highest BCUT2D eigenvalue weighted by atomic mass is 16.5. The van der Waals surface area contributed by atoms with Gasteiger partial charge in [0.25, 0.3) is 5.91 Å². The Kier molecular flexibility index (Phi) is 7.91. The lowest BCUT2D eigenvalue weighted by Gasteiger charge is -2.18. The Morgan fingerprint density at radius 2 is 1.03 bits per heavy atom. The maximum Gasteiger partial charge on any atom is 0.257 e. The Balaban J connectivity index is 1.77. The van der Waals surface area contributed by atoms with Crippen molar-refractivity contribution in [3.8, 4) is 5.75 Å². The summed E-state index contributed by atoms with van der Waals surface area (Å²) < 4.78 is 5.71. The summed E-state index contributed by atoms with van der Waals surface area (Å²) >= 11 is 0. The molecule has 4 aromatic carbocycles. The van der Waals surface area contributed by atoms with Gasteiger partial charge in [-0.05, 0) is 52.0 Å². The van der Waals surface area contributed by atoms with Gasteiger partial charge in [-0.25, -0.2) is 0 Å². The van der Waals surface area contributed by atoms with Crippen LogP contribution in [0.15, 0.2) is 115 Å². The van der Waals surface area contributed by atoms with Crippen molar-refractivity contribution < 1.29 is 9.53 Å². The third-order valence-electron chi connectivity index (χ3n) is 5.52. The summed E-state index contributed by atoms with van der Waals surface area (Å²) in [4.78, 5) is 11.9. The number of amides is 1. The number of benzene rings is 4. The first-order chi connectivity index (χ1) is 16.8. The van der Waals surface area contributed by atoms with Crippen LogP contribution in [0, 0.1) is 0 Å². The van der Waals surface area contributed by atoms with Crippen LogP contribution < -0.4 is 10.1 Å². The van der Waals surface area contributed by atoms with Crippen LogP contribution in [0.3, 0.4) is 0 Å². The van der Waals surface area contributed by atoms with Gasteiger partial charge in [-0.2, -0.15) is 0 Å². The third kappa shape index (κ3) is 5.81. The number of carbonyl (C=O) groups excluding carboxylic acids is 1. The van der Waals surface area contributed by atoms with E-state index in [4.69, 9.17) is 4.74 Å². The number of hydrogen-bond donors (Lipinski definition) is 1. The van der Waals surface area contributed by atoms with Gasteiger partial charge in [-0.3, -0.25) is 4.79 Å². The highest BCUT2D eigenvalue weighted by molar-refractivity contribution is 6.04. The van der Waals surface area contributed by atoms with E-state index in [-0.39, 0.29) is 12.5 Å². The fourth-order valence-electron chi connectivity index (χ4n) is 3.91. The number of hydrogen-bond acceptors (Lipinski definition) is 2. The summed E-state index contributed by atoms with van der Waals surface area (Å²) in [5.41, 5.74) is 6.83. The molecule has 4 rings (SSSR count). The van der Waals surface area contributed by atoms with E-state index in [0.717, 1.165) is 34.2 Å². The van der Waals surface area contributed by atoms with Gasteiger partial charge < -0.3 is 10.1 Å². The molecule has 0 atom stereocenters. The molecule has 3 heteroatoms. The molecule has 0 bridgehead atoms. The zero-order valence-electron chi connectivity index (χ0n) is 19.4. The van der Waals surface area contributed by atoms with E-state index < -0.39 is 0 Å². The SMILES string of the molecule is CCCNC(=O)COc1ccc(C(=C(c2ccccc2)c2ccccc2)c2ccccc2)cc1. The molecule has 0 fully saturated rings. The predicted molar refractivity (Wildman–Crippen MR) is 140 cm³/mol. The molecule has 0 unspecified atom stereocenters. The van der Waals surface area contributed by atoms with Crippen molar-refractivity contribution in [2.45, 2.75) is 13.3 Å². The van der Waals surface area contributed by atoms with E-state index in [1.807, 2.05) is 37.3 Å². The maximum atomic E-state index is 11.9. The second kappa shape index (κ2) is 11.7. The molecule has 0 spiro atoms. The molecule has 4 aromatic rings. The van der Waals surface area contributed by atoms with Gasteiger partial charge in [0.15, 0.2) is 6.61 Å². The van der Waals surface area contributed by atoms with Gasteiger partial charge in [0.1, 0.15) is 5.75 Å². The zero-order valence-corrected chi connectivity index (χ0v) is 19.4. The van der Waals surface area contributed by atoms with Crippen molar-refractivity contribution in [2.24, 2.45) is 0 Å². The minimum Gasteiger partial charge on any atom is -0.484 e. The van der Waals surface area contributed by atoms with Crippen LogP contribution in [0.25, 0.3) is 11.1 Å². The molecule has 3 nitrogen and oxygen atoms in total. The van der Waals surface area contributed by atoms with E-state index in [0.29, 0.717) is 12.3 Å². The second-order valence-corrected chi connectivity index (χ2v) is 8.01. The molecule has 0 aliphatic carbocycles. The van der Waals surface area contributed by atoms with Crippen molar-refractivity contribution in [2.75, 3.05) is 13.2 Å². The fourth-order valence-corrected chi connectivity index (χ4v) is 3.91. The lowest BCUT2D eigenvalue weighted by Crippen LogP contribution is -2.29. The van der Waals surface area contributed by atoms with Crippen LogP contribution in [0.1, 0.15) is 35.6 Å². The van der Waals surface area contributed by atoms with E-state index in [9.17, 15) is 4.79 Å². The van der Waals surface area contributed by atoms with Gasteiger partial charge in [0.2, 0.25) is 0 Å². The molecular formula is C31H29NO2. The van der Waals surface area contributed by atoms with Crippen molar-refractivity contribution in [3.05, 3.63) is 138 Å². The van der Waals surface area contributed by atoms with Gasteiger partial charge >= 0.3 is 0 Å². The summed E-state index contributed by atoms with van der Waals surface area (Å²) in [5.74, 6) is 0.565. The average Bonchev–Trinajstić information content (AvgIpc) is 2.91. The van der Waals surface area contributed by atoms with Crippen LogP contribution in [0.4, 0.5) is 0 Å². The first-order valence-electron chi connectivity index (χ1n) is 11.7. The van der Waals surface area contributed by atoms with Crippen molar-refractivity contribution in [1.82, 2.24) is 5.32 Å². The monoisotopic (exact) mass is 447 g/mol. The van der Waals surface area contributed by atoms with E-state index in [2.05, 4.69) is 90.2 Å². The Morgan fingerprint density at radius 1 is 0.618 bits per heavy atom. The summed E-state index contributed by atoms with van der Waals surface area (Å²) in [7, 11) is 0. The second-order valence-electron chi connectivity index (χ2n) is 8.01. The Hall–Kier alpha value is -4.11. The minimum absolute atomic E-state index is 0.0139. The molecule has 0 radical (unpaired) electrons. The molecule has 0 saturated carbocycles. The molecule has 1 N–H and O–H groups in total. The standard InChI is InChI=1S/C31H29NO2/c1-2-22-32-29(33)23-34-28-20-18-27(19-21-28)31(26-16-10-5-11-17-26)30(24-12-6-3-7-13-24)25-14-8-4-9-15-25/h3-21H,2,22-23H2,1H3,(H,32,33). The van der Waals surface area contributed by atoms with Crippen molar-refractivity contribution in [1.29, 1.82) is 0 Å². The Bertz CT molecular complexity index is 1170. The maximum absolute atomic E-state index is 11.9. The fraction of sp³-hybridized carbons (Fsp3) is 0.129.